The van der Waals surface area contributed by atoms with E-state index in [4.69, 9.17) is 13.7 Å². The molecule has 1 amide bonds. The van der Waals surface area contributed by atoms with Crippen molar-refractivity contribution in [1.29, 1.82) is 0 Å². The number of hydrogen-bond acceptors (Lipinski definition) is 6. The number of carbonyl (C=O) groups is 1. The van der Waals surface area contributed by atoms with Crippen LogP contribution < -0.4 is 10.1 Å². The van der Waals surface area contributed by atoms with Crippen LogP contribution in [0.1, 0.15) is 30.3 Å². The number of hydrogen-bond donors (Lipinski definition) is 1. The molecule has 7 heteroatoms. The van der Waals surface area contributed by atoms with E-state index >= 15 is 0 Å². The van der Waals surface area contributed by atoms with Gasteiger partial charge < -0.3 is 19.0 Å². The van der Waals surface area contributed by atoms with E-state index in [1.165, 1.54) is 0 Å². The molecule has 0 atom stereocenters. The molecule has 0 bridgehead atoms. The number of carbonyl (C=O) groups excluding carboxylic acids is 1. The molecule has 2 aromatic heterocycles. The Morgan fingerprint density at radius 3 is 2.71 bits per heavy atom. The second-order valence-corrected chi connectivity index (χ2v) is 5.38. The first kappa shape index (κ1) is 15.8. The molecule has 24 heavy (non-hydrogen) atoms. The molecule has 124 valence electrons. The third-order valence-corrected chi connectivity index (χ3v) is 3.11. The second-order valence-electron chi connectivity index (χ2n) is 5.38. The molecule has 2 heterocycles. The summed E-state index contributed by atoms with van der Waals surface area (Å²) in [6.45, 7) is 4.17. The van der Waals surface area contributed by atoms with Crippen LogP contribution in [-0.2, 0) is 6.54 Å². The summed E-state index contributed by atoms with van der Waals surface area (Å²) >= 11 is 0. The zero-order valence-electron chi connectivity index (χ0n) is 13.4. The van der Waals surface area contributed by atoms with E-state index < -0.39 is 5.91 Å². The fourth-order valence-corrected chi connectivity index (χ4v) is 2.04. The molecule has 0 aliphatic rings. The summed E-state index contributed by atoms with van der Waals surface area (Å²) in [5.74, 6) is 1.19. The number of ether oxygens (including phenoxy) is 1. The normalized spacial score (nSPS) is 10.8. The van der Waals surface area contributed by atoms with Crippen LogP contribution >= 0.6 is 0 Å². The fourth-order valence-electron chi connectivity index (χ4n) is 2.04. The molecule has 1 aromatic carbocycles. The van der Waals surface area contributed by atoms with Gasteiger partial charge in [0, 0.05) is 5.56 Å². The molecule has 0 aliphatic carbocycles. The molecule has 0 fully saturated rings. The molecule has 7 nitrogen and oxygen atoms in total. The summed E-state index contributed by atoms with van der Waals surface area (Å²) in [5, 5.41) is 6.48. The van der Waals surface area contributed by atoms with E-state index in [0.717, 1.165) is 11.3 Å². The molecule has 0 saturated heterocycles. The first-order chi connectivity index (χ1) is 11.6. The molecule has 0 saturated carbocycles. The maximum absolute atomic E-state index is 12.0. The van der Waals surface area contributed by atoms with Crippen molar-refractivity contribution in [1.82, 2.24) is 15.5 Å². The average Bonchev–Trinajstić information content (AvgIpc) is 3.24. The average molecular weight is 327 g/mol. The van der Waals surface area contributed by atoms with Gasteiger partial charge in [0.25, 0.3) is 0 Å². The minimum atomic E-state index is -0.454. The van der Waals surface area contributed by atoms with Crippen LogP contribution in [0.2, 0.25) is 0 Å². The SMILES string of the molecule is CC(C)Oc1ccc(-c2noc(C(=O)NCc3ccco3)n2)cc1. The minimum absolute atomic E-state index is 0.0981. The number of amides is 1. The fraction of sp³-hybridized carbons (Fsp3) is 0.235. The molecule has 0 radical (unpaired) electrons. The van der Waals surface area contributed by atoms with Crippen molar-refractivity contribution < 1.29 is 18.5 Å². The Bertz CT molecular complexity index is 792. The van der Waals surface area contributed by atoms with Gasteiger partial charge in [-0.25, -0.2) is 0 Å². The highest BCUT2D eigenvalue weighted by atomic mass is 16.5. The van der Waals surface area contributed by atoms with E-state index in [1.54, 1.807) is 18.4 Å². The van der Waals surface area contributed by atoms with Crippen LogP contribution in [0.5, 0.6) is 5.75 Å². The Labute approximate surface area is 138 Å². The van der Waals surface area contributed by atoms with E-state index in [1.807, 2.05) is 38.1 Å². The molecule has 0 aliphatic heterocycles. The highest BCUT2D eigenvalue weighted by Crippen LogP contribution is 2.20. The van der Waals surface area contributed by atoms with Crippen molar-refractivity contribution in [3.05, 3.63) is 54.3 Å². The van der Waals surface area contributed by atoms with Crippen molar-refractivity contribution in [2.75, 3.05) is 0 Å². The highest BCUT2D eigenvalue weighted by molar-refractivity contribution is 5.89. The van der Waals surface area contributed by atoms with Gasteiger partial charge in [-0.05, 0) is 50.2 Å². The van der Waals surface area contributed by atoms with Crippen LogP contribution in [0.4, 0.5) is 0 Å². The van der Waals surface area contributed by atoms with Crippen LogP contribution in [0.15, 0.2) is 51.6 Å². The molecule has 0 unspecified atom stereocenters. The lowest BCUT2D eigenvalue weighted by Gasteiger charge is -2.09. The number of aromatic nitrogens is 2. The highest BCUT2D eigenvalue weighted by Gasteiger charge is 2.16. The van der Waals surface area contributed by atoms with Gasteiger partial charge >= 0.3 is 11.8 Å². The predicted molar refractivity (Wildman–Crippen MR) is 85.4 cm³/mol. The van der Waals surface area contributed by atoms with Crippen molar-refractivity contribution in [3.8, 4) is 17.1 Å². The zero-order valence-corrected chi connectivity index (χ0v) is 13.4. The topological polar surface area (TPSA) is 90.4 Å². The van der Waals surface area contributed by atoms with Gasteiger partial charge in [0.1, 0.15) is 11.5 Å². The Balaban J connectivity index is 1.65. The number of rotatable bonds is 6. The van der Waals surface area contributed by atoms with E-state index in [-0.39, 0.29) is 18.5 Å². The van der Waals surface area contributed by atoms with E-state index in [2.05, 4.69) is 15.5 Å². The van der Waals surface area contributed by atoms with Crippen LogP contribution in [0, 0.1) is 0 Å². The van der Waals surface area contributed by atoms with Crippen LogP contribution in [0.25, 0.3) is 11.4 Å². The summed E-state index contributed by atoms with van der Waals surface area (Å²) in [6, 6.07) is 10.8. The predicted octanol–water partition coefficient (Wildman–Crippen LogP) is 3.05. The quantitative estimate of drug-likeness (QED) is 0.748. The van der Waals surface area contributed by atoms with Crippen molar-refractivity contribution in [3.63, 3.8) is 0 Å². The van der Waals surface area contributed by atoms with Gasteiger partial charge in [0.2, 0.25) is 5.82 Å². The van der Waals surface area contributed by atoms with Gasteiger partial charge in [0.05, 0.1) is 18.9 Å². The zero-order chi connectivity index (χ0) is 16.9. The smallest absolute Gasteiger partial charge is 0.316 e. The van der Waals surface area contributed by atoms with Gasteiger partial charge in [-0.2, -0.15) is 4.98 Å². The summed E-state index contributed by atoms with van der Waals surface area (Å²) in [6.07, 6.45) is 1.64. The van der Waals surface area contributed by atoms with E-state index in [0.29, 0.717) is 11.6 Å². The lowest BCUT2D eigenvalue weighted by atomic mass is 10.2. The molecule has 1 N–H and O–H groups in total. The van der Waals surface area contributed by atoms with Gasteiger partial charge in [-0.3, -0.25) is 4.79 Å². The lowest BCUT2D eigenvalue weighted by molar-refractivity contribution is 0.0904. The number of furan rings is 1. The van der Waals surface area contributed by atoms with E-state index in [9.17, 15) is 4.79 Å². The van der Waals surface area contributed by atoms with Gasteiger partial charge in [-0.15, -0.1) is 0 Å². The molecule has 0 spiro atoms. The lowest BCUT2D eigenvalue weighted by Crippen LogP contribution is -2.22. The third kappa shape index (κ3) is 3.81. The Morgan fingerprint density at radius 2 is 2.04 bits per heavy atom. The number of benzene rings is 1. The Kier molecular flexibility index (Phi) is 4.60. The van der Waals surface area contributed by atoms with Gasteiger partial charge in [-0.1, -0.05) is 5.16 Å². The summed E-state index contributed by atoms with van der Waals surface area (Å²) in [4.78, 5) is 16.1. The maximum atomic E-state index is 12.0. The molecule has 3 rings (SSSR count). The largest absolute Gasteiger partial charge is 0.491 e. The second kappa shape index (κ2) is 6.99. The molecular formula is C17H17N3O4. The Hall–Kier alpha value is -3.09. The Morgan fingerprint density at radius 1 is 1.25 bits per heavy atom. The monoisotopic (exact) mass is 327 g/mol. The molecular weight excluding hydrogens is 310 g/mol. The minimum Gasteiger partial charge on any atom is -0.491 e. The van der Waals surface area contributed by atoms with Crippen LogP contribution in [-0.4, -0.2) is 22.2 Å². The summed E-state index contributed by atoms with van der Waals surface area (Å²) < 4.78 is 15.7. The standard InChI is InChI=1S/C17H17N3O4/c1-11(2)23-13-7-5-12(6-8-13)15-19-17(24-20-15)16(21)18-10-14-4-3-9-22-14/h3-9,11H,10H2,1-2H3,(H,18,21). The van der Waals surface area contributed by atoms with Crippen molar-refractivity contribution in [2.45, 2.75) is 26.5 Å². The number of nitrogens with one attached hydrogen (secondary N) is 1. The van der Waals surface area contributed by atoms with Crippen molar-refractivity contribution in [2.24, 2.45) is 0 Å². The molecule has 3 aromatic rings. The number of nitrogens with zero attached hydrogens (tertiary/aromatic N) is 2. The summed E-state index contributed by atoms with van der Waals surface area (Å²) in [7, 11) is 0. The van der Waals surface area contributed by atoms with Crippen molar-refractivity contribution >= 4 is 5.91 Å². The van der Waals surface area contributed by atoms with Gasteiger partial charge in [0.15, 0.2) is 0 Å². The maximum Gasteiger partial charge on any atom is 0.316 e. The third-order valence-electron chi connectivity index (χ3n) is 3.11. The first-order valence-electron chi connectivity index (χ1n) is 7.53. The van der Waals surface area contributed by atoms with Crippen LogP contribution in [0.3, 0.4) is 0 Å². The first-order valence-corrected chi connectivity index (χ1v) is 7.53. The summed E-state index contributed by atoms with van der Waals surface area (Å²) in [5.41, 5.74) is 0.736.